The zero-order chi connectivity index (χ0) is 11.1. The molecule has 0 aromatic heterocycles. The van der Waals surface area contributed by atoms with Crippen LogP contribution in [0.5, 0.6) is 0 Å². The molecule has 86 valence electrons. The fourth-order valence-corrected chi connectivity index (χ4v) is 2.31. The van der Waals surface area contributed by atoms with Crippen molar-refractivity contribution in [3.05, 3.63) is 0 Å². The van der Waals surface area contributed by atoms with Crippen LogP contribution in [0.1, 0.15) is 48.0 Å². The van der Waals surface area contributed by atoms with Crippen molar-refractivity contribution in [1.29, 1.82) is 0 Å². The van der Waals surface area contributed by atoms with Crippen molar-refractivity contribution in [3.8, 4) is 0 Å². The van der Waals surface area contributed by atoms with Crippen LogP contribution in [0.25, 0.3) is 0 Å². The van der Waals surface area contributed by atoms with E-state index in [-0.39, 0.29) is 0 Å². The molecule has 0 bridgehead atoms. The van der Waals surface area contributed by atoms with Crippen LogP contribution in [0, 0.1) is 17.8 Å². The first-order valence-corrected chi connectivity index (χ1v) is 6.25. The Bertz CT molecular complexity index is 117. The van der Waals surface area contributed by atoms with Crippen molar-refractivity contribution >= 4 is 0 Å². The van der Waals surface area contributed by atoms with Crippen molar-refractivity contribution in [2.75, 3.05) is 19.6 Å². The molecule has 14 heavy (non-hydrogen) atoms. The van der Waals surface area contributed by atoms with E-state index >= 15 is 0 Å². The maximum Gasteiger partial charge on any atom is -0.00161 e. The smallest absolute Gasteiger partial charge is 0.00161 e. The molecule has 0 saturated carbocycles. The molecule has 0 aromatic rings. The molecule has 0 aromatic carbocycles. The van der Waals surface area contributed by atoms with Crippen LogP contribution >= 0.6 is 0 Å². The molecule has 0 heterocycles. The van der Waals surface area contributed by atoms with E-state index in [0.29, 0.717) is 0 Å². The van der Waals surface area contributed by atoms with Gasteiger partial charge < -0.3 is 4.90 Å². The van der Waals surface area contributed by atoms with Gasteiger partial charge in [-0.1, -0.05) is 41.5 Å². The minimum Gasteiger partial charge on any atom is -0.304 e. The van der Waals surface area contributed by atoms with E-state index in [9.17, 15) is 0 Å². The van der Waals surface area contributed by atoms with Gasteiger partial charge in [0.15, 0.2) is 0 Å². The van der Waals surface area contributed by atoms with Crippen molar-refractivity contribution in [2.24, 2.45) is 17.8 Å². The summed E-state index contributed by atoms with van der Waals surface area (Å²) in [6.45, 7) is 17.6. The third-order valence-electron chi connectivity index (χ3n) is 3.39. The lowest BCUT2D eigenvalue weighted by Gasteiger charge is -2.28. The Morgan fingerprint density at radius 3 is 1.57 bits per heavy atom. The molecule has 0 fully saturated rings. The molecule has 0 spiro atoms. The third kappa shape index (κ3) is 4.99. The lowest BCUT2D eigenvalue weighted by atomic mass is 9.83. The van der Waals surface area contributed by atoms with E-state index in [4.69, 9.17) is 0 Å². The average Bonchev–Trinajstić information content (AvgIpc) is 2.11. The predicted octanol–water partition coefficient (Wildman–Crippen LogP) is 3.65. The molecule has 0 radical (unpaired) electrons. The monoisotopic (exact) mass is 199 g/mol. The summed E-state index contributed by atoms with van der Waals surface area (Å²) in [6, 6.07) is 0. The van der Waals surface area contributed by atoms with Gasteiger partial charge in [0, 0.05) is 0 Å². The Balaban J connectivity index is 3.92. The first-order valence-electron chi connectivity index (χ1n) is 6.25. The second-order valence-electron chi connectivity index (χ2n) is 4.97. The minimum absolute atomic E-state index is 0.825. The van der Waals surface area contributed by atoms with Crippen LogP contribution in [-0.2, 0) is 0 Å². The Morgan fingerprint density at radius 1 is 0.857 bits per heavy atom. The van der Waals surface area contributed by atoms with E-state index in [1.54, 1.807) is 0 Å². The molecule has 0 aliphatic heterocycles. The number of rotatable bonds is 7. The van der Waals surface area contributed by atoms with Gasteiger partial charge in [0.05, 0.1) is 0 Å². The maximum atomic E-state index is 2.53. The Labute approximate surface area is 90.9 Å². The van der Waals surface area contributed by atoms with E-state index in [1.165, 1.54) is 26.1 Å². The highest BCUT2D eigenvalue weighted by molar-refractivity contribution is 4.68. The molecule has 0 N–H and O–H groups in total. The molecule has 0 aliphatic carbocycles. The zero-order valence-electron chi connectivity index (χ0n) is 11.0. The normalized spacial score (nSPS) is 12.4. The summed E-state index contributed by atoms with van der Waals surface area (Å²) in [5, 5.41) is 0. The van der Waals surface area contributed by atoms with Crippen molar-refractivity contribution < 1.29 is 0 Å². The van der Waals surface area contributed by atoms with Crippen LogP contribution in [0.15, 0.2) is 0 Å². The summed E-state index contributed by atoms with van der Waals surface area (Å²) >= 11 is 0. The van der Waals surface area contributed by atoms with Gasteiger partial charge in [-0.15, -0.1) is 0 Å². The lowest BCUT2D eigenvalue weighted by Crippen LogP contribution is -2.28. The molecule has 0 amide bonds. The summed E-state index contributed by atoms with van der Waals surface area (Å²) in [5.41, 5.74) is 0. The van der Waals surface area contributed by atoms with Gasteiger partial charge in [0.1, 0.15) is 0 Å². The molecule has 0 unspecified atom stereocenters. The second-order valence-corrected chi connectivity index (χ2v) is 4.97. The topological polar surface area (TPSA) is 3.24 Å². The summed E-state index contributed by atoms with van der Waals surface area (Å²) in [7, 11) is 0. The van der Waals surface area contributed by atoms with Crippen molar-refractivity contribution in [1.82, 2.24) is 4.90 Å². The fraction of sp³-hybridized carbons (Fsp3) is 1.00. The number of hydrogen-bond donors (Lipinski definition) is 0. The quantitative estimate of drug-likeness (QED) is 0.605. The van der Waals surface area contributed by atoms with E-state index in [1.807, 2.05) is 0 Å². The van der Waals surface area contributed by atoms with Crippen LogP contribution < -0.4 is 0 Å². The highest BCUT2D eigenvalue weighted by Crippen LogP contribution is 2.24. The molecule has 0 saturated heterocycles. The Kier molecular flexibility index (Phi) is 7.26. The summed E-state index contributed by atoms with van der Waals surface area (Å²) in [6.07, 6.45) is 1.36. The third-order valence-corrected chi connectivity index (χ3v) is 3.39. The summed E-state index contributed by atoms with van der Waals surface area (Å²) in [4.78, 5) is 2.53. The van der Waals surface area contributed by atoms with Crippen LogP contribution in [-0.4, -0.2) is 24.5 Å². The molecule has 1 nitrogen and oxygen atoms in total. The largest absolute Gasteiger partial charge is 0.304 e. The van der Waals surface area contributed by atoms with Crippen LogP contribution in [0.2, 0.25) is 0 Å². The van der Waals surface area contributed by atoms with E-state index in [0.717, 1.165) is 17.8 Å². The maximum absolute atomic E-state index is 2.53. The molecule has 1 heteroatoms. The average molecular weight is 199 g/mol. The van der Waals surface area contributed by atoms with Crippen molar-refractivity contribution in [3.63, 3.8) is 0 Å². The molecular weight excluding hydrogens is 170 g/mol. The molecule has 0 rings (SSSR count). The van der Waals surface area contributed by atoms with Gasteiger partial charge in [-0.3, -0.25) is 0 Å². The van der Waals surface area contributed by atoms with Gasteiger partial charge in [0.2, 0.25) is 0 Å². The van der Waals surface area contributed by atoms with Crippen molar-refractivity contribution in [2.45, 2.75) is 48.0 Å². The Hall–Kier alpha value is -0.0400. The Morgan fingerprint density at radius 2 is 1.29 bits per heavy atom. The van der Waals surface area contributed by atoms with Crippen LogP contribution in [0.3, 0.4) is 0 Å². The second kappa shape index (κ2) is 7.28. The van der Waals surface area contributed by atoms with Gasteiger partial charge in [-0.25, -0.2) is 0 Å². The van der Waals surface area contributed by atoms with E-state index in [2.05, 4.69) is 46.4 Å². The first-order chi connectivity index (χ1) is 6.52. The van der Waals surface area contributed by atoms with Crippen LogP contribution in [0.4, 0.5) is 0 Å². The summed E-state index contributed by atoms with van der Waals surface area (Å²) in [5.74, 6) is 2.53. The highest BCUT2D eigenvalue weighted by Gasteiger charge is 2.17. The SMILES string of the molecule is CCN(CC)CCC(C(C)C)C(C)C. The lowest BCUT2D eigenvalue weighted by molar-refractivity contribution is 0.213. The highest BCUT2D eigenvalue weighted by atomic mass is 15.1. The van der Waals surface area contributed by atoms with E-state index < -0.39 is 0 Å². The minimum atomic E-state index is 0.825. The molecule has 0 aliphatic rings. The molecular formula is C13H29N. The number of hydrogen-bond acceptors (Lipinski definition) is 1. The number of nitrogens with zero attached hydrogens (tertiary/aromatic N) is 1. The van der Waals surface area contributed by atoms with Gasteiger partial charge in [-0.2, -0.15) is 0 Å². The first kappa shape index (κ1) is 14.0. The summed E-state index contributed by atoms with van der Waals surface area (Å²) < 4.78 is 0. The van der Waals surface area contributed by atoms with Gasteiger partial charge in [-0.05, 0) is 43.8 Å². The fourth-order valence-electron chi connectivity index (χ4n) is 2.31. The zero-order valence-corrected chi connectivity index (χ0v) is 11.0. The standard InChI is InChI=1S/C13H29N/c1-7-14(8-2)10-9-13(11(3)4)12(5)6/h11-13H,7-10H2,1-6H3. The van der Waals surface area contributed by atoms with Gasteiger partial charge >= 0.3 is 0 Å². The molecule has 0 atom stereocenters. The predicted molar refractivity (Wildman–Crippen MR) is 65.6 cm³/mol. The van der Waals surface area contributed by atoms with Gasteiger partial charge in [0.25, 0.3) is 0 Å².